The number of rotatable bonds is 4. The maximum atomic E-state index is 12.6. The topological polar surface area (TPSA) is 99.7 Å². The number of halogens is 3. The molecule has 1 aliphatic rings. The molecule has 1 aliphatic heterocycles. The Balaban J connectivity index is 1.50. The molecule has 2 heterocycles. The molecule has 0 spiro atoms. The van der Waals surface area contributed by atoms with Gasteiger partial charge in [-0.25, -0.2) is 9.78 Å². The summed E-state index contributed by atoms with van der Waals surface area (Å²) in [6.07, 6.45) is -4.50. The van der Waals surface area contributed by atoms with Crippen molar-refractivity contribution in [1.29, 1.82) is 5.26 Å². The number of nitriles is 1. The standard InChI is InChI=1S/C19H17F3N4O4/c1-12-24-15(10-23)17(30-12)26-8-6-25(7-9-26)16(27)11-29-18(28)13-2-4-14(5-3-13)19(20,21)22/h2-5H,6-9,11H2,1H3. The number of oxazole rings is 1. The molecule has 1 aromatic carbocycles. The molecule has 2 aromatic rings. The van der Waals surface area contributed by atoms with Crippen molar-refractivity contribution in [2.75, 3.05) is 37.7 Å². The predicted molar refractivity (Wildman–Crippen MR) is 96.5 cm³/mol. The summed E-state index contributed by atoms with van der Waals surface area (Å²) in [6.45, 7) is 2.56. The molecule has 158 valence electrons. The molecule has 0 saturated carbocycles. The Hall–Kier alpha value is -3.55. The van der Waals surface area contributed by atoms with E-state index in [4.69, 9.17) is 14.4 Å². The third kappa shape index (κ3) is 4.71. The summed E-state index contributed by atoms with van der Waals surface area (Å²) >= 11 is 0. The second kappa shape index (κ2) is 8.44. The molecular weight excluding hydrogens is 405 g/mol. The Labute approximate surface area is 169 Å². The molecule has 30 heavy (non-hydrogen) atoms. The van der Waals surface area contributed by atoms with Gasteiger partial charge in [0.05, 0.1) is 11.1 Å². The van der Waals surface area contributed by atoms with Gasteiger partial charge in [-0.3, -0.25) is 4.79 Å². The van der Waals surface area contributed by atoms with E-state index >= 15 is 0 Å². The number of piperazine rings is 1. The fourth-order valence-electron chi connectivity index (χ4n) is 2.96. The SMILES string of the molecule is Cc1nc(C#N)c(N2CCN(C(=O)COC(=O)c3ccc(C(F)(F)F)cc3)CC2)o1. The van der Waals surface area contributed by atoms with E-state index in [0.717, 1.165) is 24.3 Å². The van der Waals surface area contributed by atoms with Gasteiger partial charge < -0.3 is 19.0 Å². The van der Waals surface area contributed by atoms with Crippen molar-refractivity contribution >= 4 is 17.8 Å². The lowest BCUT2D eigenvalue weighted by Crippen LogP contribution is -2.50. The zero-order valence-corrected chi connectivity index (χ0v) is 15.9. The van der Waals surface area contributed by atoms with E-state index in [1.165, 1.54) is 4.90 Å². The number of benzene rings is 1. The minimum Gasteiger partial charge on any atom is -0.452 e. The maximum absolute atomic E-state index is 12.6. The molecule has 11 heteroatoms. The van der Waals surface area contributed by atoms with E-state index in [1.54, 1.807) is 11.8 Å². The molecule has 0 atom stereocenters. The van der Waals surface area contributed by atoms with Crippen LogP contribution in [0.15, 0.2) is 28.7 Å². The quantitative estimate of drug-likeness (QED) is 0.698. The number of amides is 1. The number of aryl methyl sites for hydroxylation is 1. The number of ether oxygens (including phenoxy) is 1. The van der Waals surface area contributed by atoms with Crippen LogP contribution in [0.3, 0.4) is 0 Å². The van der Waals surface area contributed by atoms with Crippen LogP contribution in [0, 0.1) is 18.3 Å². The highest BCUT2D eigenvalue weighted by Crippen LogP contribution is 2.29. The molecule has 8 nitrogen and oxygen atoms in total. The third-order valence-corrected chi connectivity index (χ3v) is 4.52. The van der Waals surface area contributed by atoms with Crippen molar-refractivity contribution in [3.8, 4) is 6.07 Å². The fourth-order valence-corrected chi connectivity index (χ4v) is 2.96. The second-order valence-electron chi connectivity index (χ2n) is 6.52. The zero-order chi connectivity index (χ0) is 21.9. The Bertz CT molecular complexity index is 971. The Morgan fingerprint density at radius 3 is 2.40 bits per heavy atom. The number of carbonyl (C=O) groups is 2. The van der Waals surface area contributed by atoms with Gasteiger partial charge in [0.15, 0.2) is 12.5 Å². The summed E-state index contributed by atoms with van der Waals surface area (Å²) in [7, 11) is 0. The number of alkyl halides is 3. The lowest BCUT2D eigenvalue weighted by Gasteiger charge is -2.34. The Kier molecular flexibility index (Phi) is 5.96. The molecule has 1 amide bonds. The number of hydrogen-bond donors (Lipinski definition) is 0. The van der Waals surface area contributed by atoms with Crippen molar-refractivity contribution in [3.63, 3.8) is 0 Å². The molecule has 0 aliphatic carbocycles. The first-order valence-corrected chi connectivity index (χ1v) is 8.93. The van der Waals surface area contributed by atoms with Gasteiger partial charge in [0.1, 0.15) is 6.07 Å². The first-order valence-electron chi connectivity index (χ1n) is 8.93. The van der Waals surface area contributed by atoms with Crippen LogP contribution in [0.5, 0.6) is 0 Å². The van der Waals surface area contributed by atoms with Gasteiger partial charge in [-0.05, 0) is 24.3 Å². The van der Waals surface area contributed by atoms with Crippen LogP contribution in [0.25, 0.3) is 0 Å². The van der Waals surface area contributed by atoms with Crippen LogP contribution in [0.1, 0.15) is 27.5 Å². The number of esters is 1. The number of nitrogens with zero attached hydrogens (tertiary/aromatic N) is 4. The lowest BCUT2D eigenvalue weighted by molar-refractivity contribution is -0.137. The highest BCUT2D eigenvalue weighted by Gasteiger charge is 2.30. The van der Waals surface area contributed by atoms with E-state index in [-0.39, 0.29) is 11.3 Å². The third-order valence-electron chi connectivity index (χ3n) is 4.52. The number of carbonyl (C=O) groups excluding carboxylic acids is 2. The molecule has 0 radical (unpaired) electrons. The smallest absolute Gasteiger partial charge is 0.416 e. The van der Waals surface area contributed by atoms with Gasteiger partial charge in [0.2, 0.25) is 11.6 Å². The summed E-state index contributed by atoms with van der Waals surface area (Å²) in [6, 6.07) is 5.51. The van der Waals surface area contributed by atoms with E-state index in [1.807, 2.05) is 6.07 Å². The maximum Gasteiger partial charge on any atom is 0.416 e. The molecule has 3 rings (SSSR count). The monoisotopic (exact) mass is 422 g/mol. The molecule has 1 saturated heterocycles. The first-order chi connectivity index (χ1) is 14.2. The van der Waals surface area contributed by atoms with Gasteiger partial charge in [-0.15, -0.1) is 0 Å². The van der Waals surface area contributed by atoms with Crippen molar-refractivity contribution in [2.45, 2.75) is 13.1 Å². The Morgan fingerprint density at radius 1 is 1.20 bits per heavy atom. The van der Waals surface area contributed by atoms with E-state index in [2.05, 4.69) is 4.98 Å². The van der Waals surface area contributed by atoms with E-state index in [9.17, 15) is 22.8 Å². The molecular formula is C19H17F3N4O4. The lowest BCUT2D eigenvalue weighted by atomic mass is 10.1. The van der Waals surface area contributed by atoms with Crippen molar-refractivity contribution in [1.82, 2.24) is 9.88 Å². The zero-order valence-electron chi connectivity index (χ0n) is 15.9. The van der Waals surface area contributed by atoms with Crippen LogP contribution in [-0.2, 0) is 15.7 Å². The molecule has 0 unspecified atom stereocenters. The first kappa shape index (κ1) is 21.2. The van der Waals surface area contributed by atoms with Gasteiger partial charge in [-0.2, -0.15) is 18.4 Å². The van der Waals surface area contributed by atoms with E-state index in [0.29, 0.717) is 38.0 Å². The largest absolute Gasteiger partial charge is 0.452 e. The van der Waals surface area contributed by atoms with Crippen LogP contribution >= 0.6 is 0 Å². The van der Waals surface area contributed by atoms with E-state index < -0.39 is 30.2 Å². The second-order valence-corrected chi connectivity index (χ2v) is 6.52. The summed E-state index contributed by atoms with van der Waals surface area (Å²) in [5, 5.41) is 9.11. The molecule has 1 aromatic heterocycles. The average molecular weight is 422 g/mol. The normalized spacial score (nSPS) is 14.4. The highest BCUT2D eigenvalue weighted by molar-refractivity contribution is 5.91. The summed E-state index contributed by atoms with van der Waals surface area (Å²) in [4.78, 5) is 31.5. The average Bonchev–Trinajstić information content (AvgIpc) is 3.12. The van der Waals surface area contributed by atoms with Crippen LogP contribution in [-0.4, -0.2) is 54.5 Å². The van der Waals surface area contributed by atoms with Gasteiger partial charge >= 0.3 is 12.1 Å². The number of hydrogen-bond acceptors (Lipinski definition) is 7. The van der Waals surface area contributed by atoms with Crippen LogP contribution < -0.4 is 4.90 Å². The summed E-state index contributed by atoms with van der Waals surface area (Å²) in [5.41, 5.74) is -0.780. The number of anilines is 1. The minimum atomic E-state index is -4.50. The van der Waals surface area contributed by atoms with Crippen molar-refractivity contribution < 1.29 is 31.9 Å². The summed E-state index contributed by atoms with van der Waals surface area (Å²) in [5.74, 6) is -0.582. The van der Waals surface area contributed by atoms with Crippen molar-refractivity contribution in [2.24, 2.45) is 0 Å². The highest BCUT2D eigenvalue weighted by atomic mass is 19.4. The van der Waals surface area contributed by atoms with Gasteiger partial charge in [0, 0.05) is 33.1 Å². The Morgan fingerprint density at radius 2 is 1.83 bits per heavy atom. The fraction of sp³-hybridized carbons (Fsp3) is 0.368. The number of aromatic nitrogens is 1. The van der Waals surface area contributed by atoms with Crippen LogP contribution in [0.2, 0.25) is 0 Å². The van der Waals surface area contributed by atoms with Crippen LogP contribution in [0.4, 0.5) is 19.1 Å². The molecule has 1 fully saturated rings. The predicted octanol–water partition coefficient (Wildman–Crippen LogP) is 2.38. The molecule has 0 bridgehead atoms. The van der Waals surface area contributed by atoms with Crippen molar-refractivity contribution in [3.05, 3.63) is 47.0 Å². The molecule has 0 N–H and O–H groups in total. The van der Waals surface area contributed by atoms with Gasteiger partial charge in [0.25, 0.3) is 5.91 Å². The summed E-state index contributed by atoms with van der Waals surface area (Å²) < 4.78 is 48.1. The minimum absolute atomic E-state index is 0.0784. The van der Waals surface area contributed by atoms with Gasteiger partial charge in [-0.1, -0.05) is 0 Å².